The fourth-order valence-corrected chi connectivity index (χ4v) is 4.52. The highest BCUT2D eigenvalue weighted by Crippen LogP contribution is 2.27. The van der Waals surface area contributed by atoms with Gasteiger partial charge in [0.1, 0.15) is 12.5 Å². The average Bonchev–Trinajstić information content (AvgIpc) is 3.44. The van der Waals surface area contributed by atoms with Gasteiger partial charge in [0.05, 0.1) is 29.6 Å². The Balaban J connectivity index is 1.14. The number of benzene rings is 2. The molecule has 1 saturated heterocycles. The van der Waals surface area contributed by atoms with Gasteiger partial charge >= 0.3 is 0 Å². The van der Waals surface area contributed by atoms with E-state index in [-0.39, 0.29) is 5.82 Å². The van der Waals surface area contributed by atoms with Gasteiger partial charge in [-0.25, -0.2) is 19.4 Å². The molecule has 2 aromatic heterocycles. The van der Waals surface area contributed by atoms with Gasteiger partial charge in [-0.05, 0) is 54.6 Å². The van der Waals surface area contributed by atoms with Crippen molar-refractivity contribution in [2.24, 2.45) is 4.99 Å². The molecule has 11 heteroatoms. The number of aliphatic imine (C=N–C) groups is 1. The third kappa shape index (κ3) is 5.36. The molecular formula is C27H24ClFN8O. The van der Waals surface area contributed by atoms with E-state index in [0.29, 0.717) is 47.9 Å². The Morgan fingerprint density at radius 1 is 0.947 bits per heavy atom. The van der Waals surface area contributed by atoms with E-state index in [1.165, 1.54) is 6.07 Å². The first-order valence-electron chi connectivity index (χ1n) is 12.1. The Bertz CT molecular complexity index is 1480. The SMILES string of the molecule is Fc1cc(-c2ccnc(Nc3ccc(N4CN=C(c5cncc(Cl)c5)N4)cc3)n2)cc(N2CCOCC2)c1. The number of nitrogens with one attached hydrogen (secondary N) is 2. The fraction of sp³-hybridized carbons (Fsp3) is 0.185. The van der Waals surface area contributed by atoms with Crippen LogP contribution in [0.4, 0.5) is 27.4 Å². The van der Waals surface area contributed by atoms with Crippen molar-refractivity contribution in [1.29, 1.82) is 0 Å². The summed E-state index contributed by atoms with van der Waals surface area (Å²) in [5.41, 5.74) is 8.01. The highest BCUT2D eigenvalue weighted by atomic mass is 35.5. The summed E-state index contributed by atoms with van der Waals surface area (Å²) in [5.74, 6) is 0.828. The molecule has 2 aliphatic rings. The summed E-state index contributed by atoms with van der Waals surface area (Å²) >= 11 is 6.05. The minimum atomic E-state index is -0.304. The first-order chi connectivity index (χ1) is 18.6. The third-order valence-corrected chi connectivity index (χ3v) is 6.44. The van der Waals surface area contributed by atoms with Crippen LogP contribution in [-0.4, -0.2) is 53.8 Å². The second-order valence-corrected chi connectivity index (χ2v) is 9.25. The van der Waals surface area contributed by atoms with E-state index in [1.54, 1.807) is 30.7 Å². The zero-order valence-electron chi connectivity index (χ0n) is 20.3. The molecule has 6 rings (SSSR count). The van der Waals surface area contributed by atoms with Crippen molar-refractivity contribution in [2.75, 3.05) is 48.2 Å². The number of hydrogen-bond donors (Lipinski definition) is 2. The number of aromatic nitrogens is 3. The summed E-state index contributed by atoms with van der Waals surface area (Å²) in [7, 11) is 0. The molecule has 0 spiro atoms. The molecule has 0 amide bonds. The van der Waals surface area contributed by atoms with Crippen molar-refractivity contribution in [1.82, 2.24) is 20.4 Å². The lowest BCUT2D eigenvalue weighted by atomic mass is 10.1. The van der Waals surface area contributed by atoms with Crippen LogP contribution < -0.4 is 20.7 Å². The molecule has 9 nitrogen and oxygen atoms in total. The van der Waals surface area contributed by atoms with Crippen molar-refractivity contribution < 1.29 is 9.13 Å². The summed E-state index contributed by atoms with van der Waals surface area (Å²) in [5, 5.41) is 5.71. The molecule has 2 N–H and O–H groups in total. The van der Waals surface area contributed by atoms with E-state index in [4.69, 9.17) is 16.3 Å². The molecule has 2 aromatic carbocycles. The molecule has 0 atom stereocenters. The van der Waals surface area contributed by atoms with Gasteiger partial charge in [0, 0.05) is 54.2 Å². The zero-order valence-corrected chi connectivity index (χ0v) is 21.1. The van der Waals surface area contributed by atoms with Crippen molar-refractivity contribution in [2.45, 2.75) is 0 Å². The predicted molar refractivity (Wildman–Crippen MR) is 146 cm³/mol. The number of hydrazine groups is 1. The Labute approximate surface area is 224 Å². The number of hydrogen-bond acceptors (Lipinski definition) is 9. The van der Waals surface area contributed by atoms with Crippen molar-refractivity contribution in [3.05, 3.63) is 89.6 Å². The minimum absolute atomic E-state index is 0.304. The first kappa shape index (κ1) is 24.1. The van der Waals surface area contributed by atoms with Crippen LogP contribution in [0.25, 0.3) is 11.3 Å². The monoisotopic (exact) mass is 530 g/mol. The highest BCUT2D eigenvalue weighted by molar-refractivity contribution is 6.30. The maximum Gasteiger partial charge on any atom is 0.227 e. The fourth-order valence-electron chi connectivity index (χ4n) is 4.34. The number of morpholine rings is 1. The molecule has 4 heterocycles. The Hall–Kier alpha value is -4.28. The predicted octanol–water partition coefficient (Wildman–Crippen LogP) is 4.64. The van der Waals surface area contributed by atoms with Crippen LogP contribution in [0, 0.1) is 5.82 Å². The summed E-state index contributed by atoms with van der Waals surface area (Å²) in [4.78, 5) is 19.7. The highest BCUT2D eigenvalue weighted by Gasteiger charge is 2.18. The lowest BCUT2D eigenvalue weighted by Crippen LogP contribution is -2.36. The van der Waals surface area contributed by atoms with Gasteiger partial charge in [0.2, 0.25) is 5.95 Å². The van der Waals surface area contributed by atoms with Crippen molar-refractivity contribution in [3.63, 3.8) is 0 Å². The smallest absolute Gasteiger partial charge is 0.227 e. The Morgan fingerprint density at radius 3 is 2.61 bits per heavy atom. The summed E-state index contributed by atoms with van der Waals surface area (Å²) in [6.45, 7) is 3.18. The normalized spacial score (nSPS) is 15.3. The quantitative estimate of drug-likeness (QED) is 0.372. The lowest BCUT2D eigenvalue weighted by molar-refractivity contribution is 0.122. The Kier molecular flexibility index (Phi) is 6.72. The van der Waals surface area contributed by atoms with Gasteiger partial charge < -0.3 is 15.0 Å². The van der Waals surface area contributed by atoms with Gasteiger partial charge in [0.15, 0.2) is 5.84 Å². The molecule has 0 aliphatic carbocycles. The largest absolute Gasteiger partial charge is 0.378 e. The molecule has 192 valence electrons. The Morgan fingerprint density at radius 2 is 1.79 bits per heavy atom. The molecule has 0 bridgehead atoms. The zero-order chi connectivity index (χ0) is 25.9. The van der Waals surface area contributed by atoms with Gasteiger partial charge in [0.25, 0.3) is 0 Å². The molecule has 2 aliphatic heterocycles. The summed E-state index contributed by atoms with van der Waals surface area (Å²) in [6.07, 6.45) is 4.97. The van der Waals surface area contributed by atoms with Crippen LogP contribution in [0.2, 0.25) is 5.02 Å². The number of anilines is 4. The maximum absolute atomic E-state index is 14.5. The topological polar surface area (TPSA) is 90.8 Å². The van der Waals surface area contributed by atoms with Gasteiger partial charge in [-0.3, -0.25) is 15.4 Å². The van der Waals surface area contributed by atoms with E-state index >= 15 is 0 Å². The first-order valence-corrected chi connectivity index (χ1v) is 12.5. The number of amidine groups is 1. The van der Waals surface area contributed by atoms with Crippen LogP contribution in [0.3, 0.4) is 0 Å². The van der Waals surface area contributed by atoms with Crippen LogP contribution in [-0.2, 0) is 4.74 Å². The summed E-state index contributed by atoms with van der Waals surface area (Å²) < 4.78 is 19.9. The van der Waals surface area contributed by atoms with E-state index < -0.39 is 0 Å². The second-order valence-electron chi connectivity index (χ2n) is 8.81. The van der Waals surface area contributed by atoms with E-state index in [9.17, 15) is 4.39 Å². The second kappa shape index (κ2) is 10.6. The van der Waals surface area contributed by atoms with Gasteiger partial charge in [-0.15, -0.1) is 0 Å². The average molecular weight is 531 g/mol. The standard InChI is InChI=1S/C27H24ClFN8O/c28-20-11-19(15-30-16-20)26-32-17-37(35-26)23-3-1-22(2-4-23)33-27-31-6-5-25(34-27)18-12-21(29)14-24(13-18)36-7-9-38-10-8-36/h1-6,11-16H,7-10,17H2,(H,32,35)(H,31,33,34). The minimum Gasteiger partial charge on any atom is -0.378 e. The van der Waals surface area contributed by atoms with E-state index in [2.05, 4.69) is 35.6 Å². The van der Waals surface area contributed by atoms with Crippen molar-refractivity contribution >= 4 is 40.4 Å². The van der Waals surface area contributed by atoms with E-state index in [0.717, 1.165) is 35.7 Å². The number of ether oxygens (including phenoxy) is 1. The van der Waals surface area contributed by atoms with E-state index in [1.807, 2.05) is 41.4 Å². The van der Waals surface area contributed by atoms with Crippen LogP contribution >= 0.6 is 11.6 Å². The molecular weight excluding hydrogens is 507 g/mol. The lowest BCUT2D eigenvalue weighted by Gasteiger charge is -2.29. The number of rotatable bonds is 6. The molecule has 1 fully saturated rings. The maximum atomic E-state index is 14.5. The number of pyridine rings is 1. The molecule has 38 heavy (non-hydrogen) atoms. The molecule has 0 saturated carbocycles. The third-order valence-electron chi connectivity index (χ3n) is 6.23. The molecule has 0 radical (unpaired) electrons. The molecule has 4 aromatic rings. The van der Waals surface area contributed by atoms with Crippen LogP contribution in [0.15, 0.2) is 78.2 Å². The molecule has 0 unspecified atom stereocenters. The van der Waals surface area contributed by atoms with Gasteiger partial charge in [-0.1, -0.05) is 11.6 Å². The number of halogens is 2. The van der Waals surface area contributed by atoms with Crippen LogP contribution in [0.1, 0.15) is 5.56 Å². The van der Waals surface area contributed by atoms with Gasteiger partial charge in [-0.2, -0.15) is 0 Å². The summed E-state index contributed by atoms with van der Waals surface area (Å²) in [6, 6.07) is 16.4. The van der Waals surface area contributed by atoms with Crippen molar-refractivity contribution in [3.8, 4) is 11.3 Å². The number of nitrogens with zero attached hydrogens (tertiary/aromatic N) is 6. The van der Waals surface area contributed by atoms with Crippen LogP contribution in [0.5, 0.6) is 0 Å².